The molecule has 8 heteroatoms. The van der Waals surface area contributed by atoms with E-state index in [1.54, 1.807) is 0 Å². The van der Waals surface area contributed by atoms with Gasteiger partial charge < -0.3 is 10.4 Å². The Labute approximate surface area is 130 Å². The first-order valence-electron chi connectivity index (χ1n) is 5.54. The van der Waals surface area contributed by atoms with Crippen LogP contribution < -0.4 is 5.32 Å². The van der Waals surface area contributed by atoms with Crippen LogP contribution in [0, 0.1) is 5.82 Å². The highest BCUT2D eigenvalue weighted by Gasteiger charge is 2.31. The van der Waals surface area contributed by atoms with Gasteiger partial charge in [0.05, 0.1) is 18.8 Å². The van der Waals surface area contributed by atoms with E-state index in [-0.39, 0.29) is 18.8 Å². The van der Waals surface area contributed by atoms with Crippen molar-refractivity contribution >= 4 is 49.4 Å². The maximum atomic E-state index is 13.2. The molecular formula is C12H9Br2FN2O3. The van der Waals surface area contributed by atoms with E-state index in [4.69, 9.17) is 5.11 Å². The van der Waals surface area contributed by atoms with Crippen molar-refractivity contribution in [2.45, 2.75) is 0 Å². The Kier molecular flexibility index (Phi) is 4.56. The molecule has 2 amide bonds. The molecule has 0 radical (unpaired) electrons. The number of carbonyl (C=O) groups excluding carboxylic acids is 2. The van der Waals surface area contributed by atoms with Crippen molar-refractivity contribution in [3.63, 3.8) is 0 Å². The molecule has 0 bridgehead atoms. The fourth-order valence-corrected chi connectivity index (χ4v) is 3.04. The van der Waals surface area contributed by atoms with Gasteiger partial charge in [0, 0.05) is 15.0 Å². The summed E-state index contributed by atoms with van der Waals surface area (Å²) in [4.78, 5) is 24.5. The second-order valence-electron chi connectivity index (χ2n) is 3.95. The van der Waals surface area contributed by atoms with Crippen molar-refractivity contribution in [3.05, 3.63) is 38.7 Å². The molecule has 0 atom stereocenters. The van der Waals surface area contributed by atoms with E-state index in [1.165, 1.54) is 12.1 Å². The van der Waals surface area contributed by atoms with Gasteiger partial charge in [-0.2, -0.15) is 0 Å². The van der Waals surface area contributed by atoms with Gasteiger partial charge in [0.15, 0.2) is 0 Å². The quantitative estimate of drug-likeness (QED) is 0.749. The molecule has 1 heterocycles. The van der Waals surface area contributed by atoms with Gasteiger partial charge >= 0.3 is 0 Å². The molecule has 0 fully saturated rings. The Balaban J connectivity index is 2.26. The van der Waals surface area contributed by atoms with Gasteiger partial charge in [0.25, 0.3) is 11.8 Å². The zero-order chi connectivity index (χ0) is 14.9. The number of benzene rings is 1. The van der Waals surface area contributed by atoms with Gasteiger partial charge in [-0.05, 0) is 44.0 Å². The predicted molar refractivity (Wildman–Crippen MR) is 77.3 cm³/mol. The molecule has 0 unspecified atom stereocenters. The van der Waals surface area contributed by atoms with Gasteiger partial charge in [-0.3, -0.25) is 14.5 Å². The van der Waals surface area contributed by atoms with E-state index in [2.05, 4.69) is 37.2 Å². The Hall–Kier alpha value is -1.25. The first-order chi connectivity index (χ1) is 9.43. The van der Waals surface area contributed by atoms with Crippen LogP contribution in [0.5, 0.6) is 0 Å². The van der Waals surface area contributed by atoms with Crippen LogP contribution in [0.4, 0.5) is 10.1 Å². The second kappa shape index (κ2) is 6.02. The minimum atomic E-state index is -0.535. The molecule has 0 saturated carbocycles. The maximum Gasteiger partial charge on any atom is 0.277 e. The van der Waals surface area contributed by atoms with Crippen LogP contribution in [0.2, 0.25) is 0 Å². The van der Waals surface area contributed by atoms with Gasteiger partial charge in [-0.25, -0.2) is 4.39 Å². The summed E-state index contributed by atoms with van der Waals surface area (Å²) < 4.78 is 14.0. The van der Waals surface area contributed by atoms with Crippen molar-refractivity contribution in [2.24, 2.45) is 0 Å². The molecule has 2 N–H and O–H groups in total. The third kappa shape index (κ3) is 2.92. The molecule has 0 saturated heterocycles. The molecule has 2 rings (SSSR count). The molecule has 1 aromatic rings. The Morgan fingerprint density at radius 3 is 2.40 bits per heavy atom. The summed E-state index contributed by atoms with van der Waals surface area (Å²) in [6.07, 6.45) is 1.14. The second-order valence-corrected chi connectivity index (χ2v) is 5.65. The standard InChI is InChI=1S/C12H9Br2FN2O3/c13-7-3-6(15)4-8(14)11(7)16-9-5-10(19)17(1-2-18)12(9)20/h3-5,16,18H,1-2H2. The average Bonchev–Trinajstić information content (AvgIpc) is 2.62. The minimum Gasteiger partial charge on any atom is -0.395 e. The largest absolute Gasteiger partial charge is 0.395 e. The molecule has 106 valence electrons. The van der Waals surface area contributed by atoms with E-state index in [9.17, 15) is 14.0 Å². The van der Waals surface area contributed by atoms with E-state index in [0.717, 1.165) is 11.0 Å². The monoisotopic (exact) mass is 406 g/mol. The molecule has 5 nitrogen and oxygen atoms in total. The van der Waals surface area contributed by atoms with Gasteiger partial charge in [0.1, 0.15) is 11.5 Å². The van der Waals surface area contributed by atoms with Gasteiger partial charge in [-0.15, -0.1) is 0 Å². The van der Waals surface area contributed by atoms with Crippen LogP contribution in [0.15, 0.2) is 32.9 Å². The molecule has 1 aliphatic heterocycles. The number of nitrogens with one attached hydrogen (secondary N) is 1. The first kappa shape index (κ1) is 15.1. The minimum absolute atomic E-state index is 0.0644. The summed E-state index contributed by atoms with van der Waals surface area (Å²) in [5, 5.41) is 11.6. The molecule has 0 aliphatic carbocycles. The van der Waals surface area contributed by atoms with E-state index < -0.39 is 17.6 Å². The third-order valence-electron chi connectivity index (χ3n) is 2.60. The molecule has 1 aromatic carbocycles. The number of amides is 2. The fraction of sp³-hybridized carbons (Fsp3) is 0.167. The smallest absolute Gasteiger partial charge is 0.277 e. The summed E-state index contributed by atoms with van der Waals surface area (Å²) >= 11 is 6.35. The summed E-state index contributed by atoms with van der Waals surface area (Å²) in [6, 6.07) is 2.47. The molecule has 20 heavy (non-hydrogen) atoms. The SMILES string of the molecule is O=C1C=C(Nc2c(Br)cc(F)cc2Br)C(=O)N1CCO. The lowest BCUT2D eigenvalue weighted by Crippen LogP contribution is -2.34. The number of rotatable bonds is 4. The Morgan fingerprint density at radius 1 is 1.25 bits per heavy atom. The summed E-state index contributed by atoms with van der Waals surface area (Å²) in [6.45, 7) is -0.367. The van der Waals surface area contributed by atoms with Crippen LogP contribution in [-0.2, 0) is 9.59 Å². The van der Waals surface area contributed by atoms with Crippen molar-refractivity contribution in [2.75, 3.05) is 18.5 Å². The van der Waals surface area contributed by atoms with E-state index in [0.29, 0.717) is 14.6 Å². The highest BCUT2D eigenvalue weighted by atomic mass is 79.9. The van der Waals surface area contributed by atoms with Crippen molar-refractivity contribution in [1.82, 2.24) is 4.90 Å². The van der Waals surface area contributed by atoms with Crippen molar-refractivity contribution in [1.29, 1.82) is 0 Å². The average molecular weight is 408 g/mol. The first-order valence-corrected chi connectivity index (χ1v) is 7.12. The molecule has 0 aromatic heterocycles. The van der Waals surface area contributed by atoms with Crippen LogP contribution >= 0.6 is 31.9 Å². The lowest BCUT2D eigenvalue weighted by molar-refractivity contribution is -0.137. The topological polar surface area (TPSA) is 69.6 Å². The number of hydrogen-bond donors (Lipinski definition) is 2. The van der Waals surface area contributed by atoms with Crippen LogP contribution in [0.1, 0.15) is 0 Å². The van der Waals surface area contributed by atoms with Crippen LogP contribution in [0.25, 0.3) is 0 Å². The van der Waals surface area contributed by atoms with E-state index >= 15 is 0 Å². The predicted octanol–water partition coefficient (Wildman–Crippen LogP) is 2.01. The van der Waals surface area contributed by atoms with E-state index in [1.807, 2.05) is 0 Å². The fourth-order valence-electron chi connectivity index (χ4n) is 1.71. The number of hydrogen-bond acceptors (Lipinski definition) is 4. The number of carbonyl (C=O) groups is 2. The third-order valence-corrected chi connectivity index (χ3v) is 3.85. The van der Waals surface area contributed by atoms with Gasteiger partial charge in [-0.1, -0.05) is 0 Å². The lowest BCUT2D eigenvalue weighted by atomic mass is 10.3. The van der Waals surface area contributed by atoms with Crippen molar-refractivity contribution in [3.8, 4) is 0 Å². The highest BCUT2D eigenvalue weighted by molar-refractivity contribution is 9.11. The number of aliphatic hydroxyl groups excluding tert-OH is 1. The van der Waals surface area contributed by atoms with Crippen LogP contribution in [0.3, 0.4) is 0 Å². The summed E-state index contributed by atoms with van der Waals surface area (Å²) in [5.74, 6) is -1.48. The number of halogens is 3. The summed E-state index contributed by atoms with van der Waals surface area (Å²) in [7, 11) is 0. The Bertz CT molecular complexity index is 596. The molecular weight excluding hydrogens is 399 g/mol. The molecule has 0 spiro atoms. The normalized spacial score (nSPS) is 14.8. The zero-order valence-electron chi connectivity index (χ0n) is 9.99. The number of nitrogens with zero attached hydrogens (tertiary/aromatic N) is 1. The number of β-amino-alcohol motifs (C(OH)–C–C–N with tert-alkyl or cyclic N) is 1. The number of aliphatic hydroxyl groups is 1. The summed E-state index contributed by atoms with van der Waals surface area (Å²) in [5.41, 5.74) is 0.501. The van der Waals surface area contributed by atoms with Crippen molar-refractivity contribution < 1.29 is 19.1 Å². The number of imide groups is 1. The maximum absolute atomic E-state index is 13.2. The van der Waals surface area contributed by atoms with Crippen LogP contribution in [-0.4, -0.2) is 35.0 Å². The zero-order valence-corrected chi connectivity index (χ0v) is 13.2. The number of anilines is 1. The molecule has 1 aliphatic rings. The van der Waals surface area contributed by atoms with Gasteiger partial charge in [0.2, 0.25) is 0 Å². The highest BCUT2D eigenvalue weighted by Crippen LogP contribution is 2.33. The Morgan fingerprint density at radius 2 is 1.85 bits per heavy atom. The lowest BCUT2D eigenvalue weighted by Gasteiger charge is -2.14.